The van der Waals surface area contributed by atoms with Gasteiger partial charge in [0, 0.05) is 6.42 Å². The normalized spacial score (nSPS) is 16.5. The summed E-state index contributed by atoms with van der Waals surface area (Å²) >= 11 is 0. The summed E-state index contributed by atoms with van der Waals surface area (Å²) in [5.41, 5.74) is 1.18. The van der Waals surface area contributed by atoms with Gasteiger partial charge >= 0.3 is 5.97 Å². The minimum atomic E-state index is -0.0478. The molecule has 0 bridgehead atoms. The molecule has 2 rings (SSSR count). The van der Waals surface area contributed by atoms with Crippen LogP contribution in [-0.4, -0.2) is 17.2 Å². The van der Waals surface area contributed by atoms with Crippen LogP contribution in [-0.2, 0) is 14.9 Å². The number of aromatic hydroxyl groups is 1. The molecule has 0 heterocycles. The van der Waals surface area contributed by atoms with E-state index in [9.17, 15) is 9.90 Å². The Labute approximate surface area is 133 Å². The molecule has 1 aromatic rings. The van der Waals surface area contributed by atoms with Crippen LogP contribution in [0, 0.1) is 0 Å². The van der Waals surface area contributed by atoms with Gasteiger partial charge in [-0.3, -0.25) is 4.79 Å². The lowest BCUT2D eigenvalue weighted by Crippen LogP contribution is -2.22. The van der Waals surface area contributed by atoms with Crippen molar-refractivity contribution in [2.75, 3.05) is 0 Å². The van der Waals surface area contributed by atoms with Crippen LogP contribution in [0.15, 0.2) is 24.3 Å². The Bertz CT molecular complexity index is 470. The van der Waals surface area contributed by atoms with E-state index in [-0.39, 0.29) is 23.2 Å². The topological polar surface area (TPSA) is 46.5 Å². The predicted molar refractivity (Wildman–Crippen MR) is 87.9 cm³/mol. The van der Waals surface area contributed by atoms with Crippen molar-refractivity contribution in [2.24, 2.45) is 0 Å². The van der Waals surface area contributed by atoms with E-state index < -0.39 is 0 Å². The molecular formula is C19H28O3. The minimum absolute atomic E-state index is 0.00117. The molecule has 0 aromatic heterocycles. The summed E-state index contributed by atoms with van der Waals surface area (Å²) in [6.45, 7) is 4.34. The molecule has 122 valence electrons. The zero-order chi connectivity index (χ0) is 16.0. The highest BCUT2D eigenvalue weighted by Gasteiger charge is 2.22. The van der Waals surface area contributed by atoms with E-state index in [4.69, 9.17) is 4.74 Å². The highest BCUT2D eigenvalue weighted by atomic mass is 16.5. The third-order valence-corrected chi connectivity index (χ3v) is 4.68. The second-order valence-corrected chi connectivity index (χ2v) is 7.03. The molecule has 0 unspecified atom stereocenters. The fourth-order valence-electron chi connectivity index (χ4n) is 3.16. The molecule has 0 amide bonds. The fourth-order valence-corrected chi connectivity index (χ4v) is 3.16. The summed E-state index contributed by atoms with van der Waals surface area (Å²) in [6.07, 6.45) is 8.13. The Kier molecular flexibility index (Phi) is 5.87. The lowest BCUT2D eigenvalue weighted by atomic mass is 9.80. The van der Waals surface area contributed by atoms with Crippen LogP contribution in [0.25, 0.3) is 0 Å². The van der Waals surface area contributed by atoms with E-state index >= 15 is 0 Å². The summed E-state index contributed by atoms with van der Waals surface area (Å²) in [5.74, 6) is 0.240. The summed E-state index contributed by atoms with van der Waals surface area (Å²) in [4.78, 5) is 11.9. The summed E-state index contributed by atoms with van der Waals surface area (Å²) in [7, 11) is 0. The molecule has 1 fully saturated rings. The van der Waals surface area contributed by atoms with Crippen molar-refractivity contribution in [3.8, 4) is 5.75 Å². The molecule has 3 nitrogen and oxygen atoms in total. The van der Waals surface area contributed by atoms with Gasteiger partial charge in [0.1, 0.15) is 11.9 Å². The third-order valence-electron chi connectivity index (χ3n) is 4.68. The molecule has 1 aromatic carbocycles. The molecule has 0 aliphatic heterocycles. The zero-order valence-corrected chi connectivity index (χ0v) is 13.8. The van der Waals surface area contributed by atoms with Gasteiger partial charge < -0.3 is 9.84 Å². The van der Waals surface area contributed by atoms with Gasteiger partial charge in [-0.1, -0.05) is 32.4 Å². The third kappa shape index (κ3) is 5.04. The second-order valence-electron chi connectivity index (χ2n) is 7.03. The first-order valence-electron chi connectivity index (χ1n) is 8.46. The Morgan fingerprint density at radius 1 is 1.18 bits per heavy atom. The summed E-state index contributed by atoms with van der Waals surface area (Å²) in [6, 6.07) is 7.34. The molecule has 0 radical (unpaired) electrons. The van der Waals surface area contributed by atoms with E-state index in [0.29, 0.717) is 6.42 Å². The van der Waals surface area contributed by atoms with Gasteiger partial charge in [0.25, 0.3) is 0 Å². The largest absolute Gasteiger partial charge is 0.508 e. The summed E-state index contributed by atoms with van der Waals surface area (Å²) < 4.78 is 5.56. The molecule has 22 heavy (non-hydrogen) atoms. The monoisotopic (exact) mass is 304 g/mol. The van der Waals surface area contributed by atoms with Gasteiger partial charge in [-0.25, -0.2) is 0 Å². The lowest BCUT2D eigenvalue weighted by Gasteiger charge is -2.26. The SMILES string of the molecule is CC(C)(CCCC(=O)OC1CCCCC1)c1ccc(O)cc1. The number of phenolic OH excluding ortho intramolecular Hbond substituents is 1. The van der Waals surface area contributed by atoms with Crippen LogP contribution < -0.4 is 0 Å². The zero-order valence-electron chi connectivity index (χ0n) is 13.8. The first-order valence-corrected chi connectivity index (χ1v) is 8.46. The van der Waals surface area contributed by atoms with Gasteiger partial charge in [0.05, 0.1) is 0 Å². The highest BCUT2D eigenvalue weighted by molar-refractivity contribution is 5.69. The second kappa shape index (κ2) is 7.66. The molecule has 1 N–H and O–H groups in total. The smallest absolute Gasteiger partial charge is 0.306 e. The maximum Gasteiger partial charge on any atom is 0.306 e. The van der Waals surface area contributed by atoms with Crippen LogP contribution >= 0.6 is 0 Å². The molecule has 1 aliphatic carbocycles. The molecule has 0 saturated heterocycles. The molecular weight excluding hydrogens is 276 g/mol. The van der Waals surface area contributed by atoms with Gasteiger partial charge in [0.2, 0.25) is 0 Å². The average Bonchev–Trinajstić information content (AvgIpc) is 2.48. The summed E-state index contributed by atoms with van der Waals surface area (Å²) in [5, 5.41) is 9.37. The standard InChI is InChI=1S/C19H28O3/c1-19(2,15-10-12-16(20)13-11-15)14-6-9-18(21)22-17-7-4-3-5-8-17/h10-13,17,20H,3-9,14H2,1-2H3. The van der Waals surface area contributed by atoms with Crippen molar-refractivity contribution in [1.29, 1.82) is 0 Å². The van der Waals surface area contributed by atoms with E-state index in [0.717, 1.165) is 25.7 Å². The maximum atomic E-state index is 11.9. The molecule has 3 heteroatoms. The Morgan fingerprint density at radius 2 is 1.82 bits per heavy atom. The van der Waals surface area contributed by atoms with Crippen molar-refractivity contribution >= 4 is 5.97 Å². The van der Waals surface area contributed by atoms with Crippen molar-refractivity contribution in [3.05, 3.63) is 29.8 Å². The number of hydrogen-bond acceptors (Lipinski definition) is 3. The van der Waals surface area contributed by atoms with E-state index in [2.05, 4.69) is 13.8 Å². The predicted octanol–water partition coefficient (Wildman–Crippen LogP) is 4.72. The molecule has 0 spiro atoms. The van der Waals surface area contributed by atoms with Gasteiger partial charge in [0.15, 0.2) is 0 Å². The van der Waals surface area contributed by atoms with Crippen LogP contribution in [0.3, 0.4) is 0 Å². The van der Waals surface area contributed by atoms with E-state index in [1.54, 1.807) is 12.1 Å². The minimum Gasteiger partial charge on any atom is -0.508 e. The number of carbonyl (C=O) groups is 1. The Hall–Kier alpha value is -1.51. The van der Waals surface area contributed by atoms with Crippen LogP contribution in [0.5, 0.6) is 5.75 Å². The Balaban J connectivity index is 1.74. The number of ether oxygens (including phenoxy) is 1. The first-order chi connectivity index (χ1) is 10.5. The van der Waals surface area contributed by atoms with Crippen LogP contribution in [0.4, 0.5) is 0 Å². The molecule has 1 saturated carbocycles. The van der Waals surface area contributed by atoms with E-state index in [1.165, 1.54) is 24.8 Å². The van der Waals surface area contributed by atoms with Gasteiger partial charge in [-0.15, -0.1) is 0 Å². The number of benzene rings is 1. The van der Waals surface area contributed by atoms with Crippen molar-refractivity contribution < 1.29 is 14.6 Å². The number of phenols is 1. The van der Waals surface area contributed by atoms with Crippen LogP contribution in [0.2, 0.25) is 0 Å². The lowest BCUT2D eigenvalue weighted by molar-refractivity contribution is -0.150. The first kappa shape index (κ1) is 16.9. The van der Waals surface area contributed by atoms with Gasteiger partial charge in [-0.2, -0.15) is 0 Å². The number of hydrogen-bond donors (Lipinski definition) is 1. The molecule has 1 aliphatic rings. The maximum absolute atomic E-state index is 11.9. The average molecular weight is 304 g/mol. The van der Waals surface area contributed by atoms with Crippen molar-refractivity contribution in [1.82, 2.24) is 0 Å². The number of esters is 1. The highest BCUT2D eigenvalue weighted by Crippen LogP contribution is 2.30. The van der Waals surface area contributed by atoms with Crippen LogP contribution in [0.1, 0.15) is 70.8 Å². The molecule has 0 atom stereocenters. The van der Waals surface area contributed by atoms with Crippen molar-refractivity contribution in [3.63, 3.8) is 0 Å². The fraction of sp³-hybridized carbons (Fsp3) is 0.632. The quantitative estimate of drug-likeness (QED) is 0.774. The Morgan fingerprint density at radius 3 is 2.45 bits per heavy atom. The number of rotatable bonds is 6. The van der Waals surface area contributed by atoms with E-state index in [1.807, 2.05) is 12.1 Å². The van der Waals surface area contributed by atoms with Crippen molar-refractivity contribution in [2.45, 2.75) is 76.7 Å². The van der Waals surface area contributed by atoms with Gasteiger partial charge in [-0.05, 0) is 61.6 Å². The number of carbonyl (C=O) groups excluding carboxylic acids is 1.